The van der Waals surface area contributed by atoms with E-state index in [9.17, 15) is 4.79 Å². The number of H-pyrrole nitrogens is 1. The van der Waals surface area contributed by atoms with E-state index in [2.05, 4.69) is 10.1 Å². The Kier molecular flexibility index (Phi) is 2.57. The monoisotopic (exact) mass is 276 g/mol. The average molecular weight is 277 g/mol. The van der Waals surface area contributed by atoms with Gasteiger partial charge < -0.3 is 14.6 Å². The number of carboxylic acids is 1. The Bertz CT molecular complexity index is 788. The van der Waals surface area contributed by atoms with Crippen LogP contribution < -0.4 is 0 Å². The summed E-state index contributed by atoms with van der Waals surface area (Å²) in [5.41, 5.74) is 2.37. The summed E-state index contributed by atoms with van der Waals surface area (Å²) in [6.45, 7) is 1.84. The predicted octanol–water partition coefficient (Wildman–Crippen LogP) is 3.48. The first-order valence-corrected chi connectivity index (χ1v) is 5.92. The van der Waals surface area contributed by atoms with Gasteiger partial charge in [-0.3, -0.25) is 0 Å². The van der Waals surface area contributed by atoms with E-state index in [4.69, 9.17) is 21.2 Å². The van der Waals surface area contributed by atoms with Gasteiger partial charge in [-0.25, -0.2) is 4.79 Å². The normalized spacial score (nSPS) is 11.1. The van der Waals surface area contributed by atoms with Crippen LogP contribution in [0.2, 0.25) is 5.02 Å². The molecule has 0 aliphatic heterocycles. The Labute approximate surface area is 112 Å². The molecule has 0 spiro atoms. The molecule has 2 heterocycles. The molecular formula is C13H9ClN2O3. The van der Waals surface area contributed by atoms with E-state index in [1.807, 2.05) is 13.0 Å². The lowest BCUT2D eigenvalue weighted by Crippen LogP contribution is -1.96. The fourth-order valence-electron chi connectivity index (χ4n) is 2.16. The summed E-state index contributed by atoms with van der Waals surface area (Å²) in [7, 11) is 0. The summed E-state index contributed by atoms with van der Waals surface area (Å²) in [4.78, 5) is 14.3. The zero-order chi connectivity index (χ0) is 13.6. The highest BCUT2D eigenvalue weighted by Gasteiger charge is 2.22. The van der Waals surface area contributed by atoms with Gasteiger partial charge in [-0.05, 0) is 25.1 Å². The SMILES string of the molecule is Cc1[nH]c2ccc(Cl)cc2c1-c1oncc1C(=O)O. The second-order valence-electron chi connectivity index (χ2n) is 4.19. The van der Waals surface area contributed by atoms with E-state index in [1.54, 1.807) is 12.1 Å². The number of fused-ring (bicyclic) bond motifs is 1. The number of benzene rings is 1. The van der Waals surface area contributed by atoms with Crippen molar-refractivity contribution >= 4 is 28.5 Å². The van der Waals surface area contributed by atoms with E-state index < -0.39 is 5.97 Å². The van der Waals surface area contributed by atoms with Gasteiger partial charge in [0.1, 0.15) is 5.56 Å². The molecule has 0 unspecified atom stereocenters. The van der Waals surface area contributed by atoms with E-state index >= 15 is 0 Å². The van der Waals surface area contributed by atoms with Crippen LogP contribution in [0.4, 0.5) is 0 Å². The standard InChI is InChI=1S/C13H9ClN2O3/c1-6-11(12-9(13(17)18)5-15-19-12)8-4-7(14)2-3-10(8)16-6/h2-5,16H,1H3,(H,17,18). The molecule has 5 nitrogen and oxygen atoms in total. The Morgan fingerprint density at radius 3 is 3.00 bits per heavy atom. The van der Waals surface area contributed by atoms with Crippen LogP contribution in [0.5, 0.6) is 0 Å². The third-order valence-corrected chi connectivity index (χ3v) is 3.21. The number of carboxylic acid groups (broad SMARTS) is 1. The number of nitrogens with one attached hydrogen (secondary N) is 1. The first kappa shape index (κ1) is 11.8. The van der Waals surface area contributed by atoms with Crippen LogP contribution in [0.15, 0.2) is 28.9 Å². The number of aromatic carboxylic acids is 1. The van der Waals surface area contributed by atoms with Gasteiger partial charge in [-0.1, -0.05) is 16.8 Å². The van der Waals surface area contributed by atoms with Gasteiger partial charge >= 0.3 is 5.97 Å². The number of hydrogen-bond donors (Lipinski definition) is 2. The van der Waals surface area contributed by atoms with Crippen molar-refractivity contribution in [3.63, 3.8) is 0 Å². The first-order chi connectivity index (χ1) is 9.08. The number of aromatic nitrogens is 2. The first-order valence-electron chi connectivity index (χ1n) is 5.54. The van der Waals surface area contributed by atoms with Crippen molar-refractivity contribution in [2.24, 2.45) is 0 Å². The zero-order valence-electron chi connectivity index (χ0n) is 9.90. The fraction of sp³-hybridized carbons (Fsp3) is 0.0769. The Morgan fingerprint density at radius 1 is 1.47 bits per heavy atom. The van der Waals surface area contributed by atoms with Gasteiger partial charge in [0.25, 0.3) is 0 Å². The molecule has 6 heteroatoms. The highest BCUT2D eigenvalue weighted by Crippen LogP contribution is 2.35. The largest absolute Gasteiger partial charge is 0.477 e. The maximum atomic E-state index is 11.2. The topological polar surface area (TPSA) is 79.1 Å². The minimum absolute atomic E-state index is 0.0315. The van der Waals surface area contributed by atoms with Crippen molar-refractivity contribution in [2.75, 3.05) is 0 Å². The molecule has 96 valence electrons. The highest BCUT2D eigenvalue weighted by molar-refractivity contribution is 6.31. The van der Waals surface area contributed by atoms with Crippen LogP contribution in [0.25, 0.3) is 22.2 Å². The van der Waals surface area contributed by atoms with Crippen LogP contribution >= 0.6 is 11.6 Å². The molecule has 0 saturated heterocycles. The summed E-state index contributed by atoms with van der Waals surface area (Å²) < 4.78 is 5.11. The Morgan fingerprint density at radius 2 is 2.26 bits per heavy atom. The number of aromatic amines is 1. The van der Waals surface area contributed by atoms with Crippen molar-refractivity contribution in [3.8, 4) is 11.3 Å². The van der Waals surface area contributed by atoms with Gasteiger partial charge in [0.2, 0.25) is 0 Å². The molecule has 1 aromatic carbocycles. The molecule has 2 N–H and O–H groups in total. The van der Waals surface area contributed by atoms with Crippen molar-refractivity contribution in [1.82, 2.24) is 10.1 Å². The maximum absolute atomic E-state index is 11.2. The summed E-state index contributed by atoms with van der Waals surface area (Å²) in [6.07, 6.45) is 1.19. The minimum atomic E-state index is -1.08. The van der Waals surface area contributed by atoms with Crippen LogP contribution in [0.1, 0.15) is 16.1 Å². The maximum Gasteiger partial charge on any atom is 0.341 e. The molecule has 0 atom stereocenters. The van der Waals surface area contributed by atoms with E-state index in [0.717, 1.165) is 16.6 Å². The fourth-order valence-corrected chi connectivity index (χ4v) is 2.34. The molecule has 3 aromatic rings. The molecule has 2 aromatic heterocycles. The van der Waals surface area contributed by atoms with Gasteiger partial charge in [-0.2, -0.15) is 0 Å². The summed E-state index contributed by atoms with van der Waals surface area (Å²) >= 11 is 5.99. The molecule has 0 aliphatic carbocycles. The van der Waals surface area contributed by atoms with Crippen LogP contribution in [0.3, 0.4) is 0 Å². The molecule has 3 rings (SSSR count). The van der Waals surface area contributed by atoms with E-state index in [1.165, 1.54) is 6.20 Å². The molecule has 19 heavy (non-hydrogen) atoms. The van der Waals surface area contributed by atoms with Gasteiger partial charge in [0.05, 0.1) is 6.20 Å². The Balaban J connectivity index is 2.35. The number of nitrogens with zero attached hydrogens (tertiary/aromatic N) is 1. The lowest BCUT2D eigenvalue weighted by Gasteiger charge is -1.98. The predicted molar refractivity (Wildman–Crippen MR) is 70.5 cm³/mol. The lowest BCUT2D eigenvalue weighted by atomic mass is 10.1. The smallest absolute Gasteiger partial charge is 0.341 e. The third-order valence-electron chi connectivity index (χ3n) is 2.98. The lowest BCUT2D eigenvalue weighted by molar-refractivity contribution is 0.0697. The highest BCUT2D eigenvalue weighted by atomic mass is 35.5. The summed E-state index contributed by atoms with van der Waals surface area (Å²) in [5.74, 6) is -0.842. The van der Waals surface area contributed by atoms with Crippen LogP contribution in [-0.2, 0) is 0 Å². The van der Waals surface area contributed by atoms with E-state index in [0.29, 0.717) is 10.6 Å². The molecular weight excluding hydrogens is 268 g/mol. The number of rotatable bonds is 2. The van der Waals surface area contributed by atoms with Crippen molar-refractivity contribution in [3.05, 3.63) is 40.7 Å². The quantitative estimate of drug-likeness (QED) is 0.751. The zero-order valence-corrected chi connectivity index (χ0v) is 10.7. The molecule has 0 saturated carbocycles. The second-order valence-corrected chi connectivity index (χ2v) is 4.63. The van der Waals surface area contributed by atoms with Crippen molar-refractivity contribution < 1.29 is 14.4 Å². The average Bonchev–Trinajstić information content (AvgIpc) is 2.91. The van der Waals surface area contributed by atoms with Gasteiger partial charge in [-0.15, -0.1) is 0 Å². The number of hydrogen-bond acceptors (Lipinski definition) is 3. The Hall–Kier alpha value is -2.27. The van der Waals surface area contributed by atoms with Gasteiger partial charge in [0, 0.05) is 27.2 Å². The van der Waals surface area contributed by atoms with Crippen molar-refractivity contribution in [2.45, 2.75) is 6.92 Å². The third kappa shape index (κ3) is 1.79. The molecule has 0 radical (unpaired) electrons. The van der Waals surface area contributed by atoms with Crippen LogP contribution in [0, 0.1) is 6.92 Å². The minimum Gasteiger partial charge on any atom is -0.477 e. The summed E-state index contributed by atoms with van der Waals surface area (Å²) in [5, 5.41) is 14.1. The van der Waals surface area contributed by atoms with Gasteiger partial charge in [0.15, 0.2) is 5.76 Å². The second kappa shape index (κ2) is 4.13. The molecule has 0 bridgehead atoms. The molecule has 0 amide bonds. The van der Waals surface area contributed by atoms with Crippen LogP contribution in [-0.4, -0.2) is 21.2 Å². The number of halogens is 1. The van der Waals surface area contributed by atoms with E-state index in [-0.39, 0.29) is 11.3 Å². The summed E-state index contributed by atoms with van der Waals surface area (Å²) in [6, 6.07) is 5.37. The number of carbonyl (C=O) groups is 1. The molecule has 0 aliphatic rings. The molecule has 0 fully saturated rings. The van der Waals surface area contributed by atoms with Crippen molar-refractivity contribution in [1.29, 1.82) is 0 Å². The number of aryl methyl sites for hydroxylation is 1.